The molecule has 0 bridgehead atoms. The van der Waals surface area contributed by atoms with E-state index in [-0.39, 0.29) is 30.9 Å². The molecule has 0 aromatic heterocycles. The van der Waals surface area contributed by atoms with Crippen LogP contribution in [0.5, 0.6) is 0 Å². The molecule has 0 aromatic rings. The topological polar surface area (TPSA) is 65.0 Å². The lowest BCUT2D eigenvalue weighted by atomic mass is 10.1. The molecule has 4 atom stereocenters. The number of rotatable bonds is 7. The van der Waals surface area contributed by atoms with Crippen LogP contribution in [0.15, 0.2) is 0 Å². The summed E-state index contributed by atoms with van der Waals surface area (Å²) < 4.78 is 16.2. The summed E-state index contributed by atoms with van der Waals surface area (Å²) in [6.45, 7) is 2.76. The number of esters is 1. The van der Waals surface area contributed by atoms with Crippen molar-refractivity contribution in [2.45, 2.75) is 69.9 Å². The second-order valence-electron chi connectivity index (χ2n) is 5.36. The minimum Gasteiger partial charge on any atom is -0.457 e. The van der Waals surface area contributed by atoms with Crippen LogP contribution in [-0.2, 0) is 19.0 Å². The first-order chi connectivity index (χ1) is 9.22. The summed E-state index contributed by atoms with van der Waals surface area (Å²) in [5.74, 6) is -0.185. The summed E-state index contributed by atoms with van der Waals surface area (Å²) in [6.07, 6.45) is 4.44. The Morgan fingerprint density at radius 3 is 2.68 bits per heavy atom. The van der Waals surface area contributed by atoms with Crippen molar-refractivity contribution < 1.29 is 24.1 Å². The van der Waals surface area contributed by atoms with Crippen LogP contribution in [0.2, 0.25) is 0 Å². The Balaban J connectivity index is 1.63. The van der Waals surface area contributed by atoms with Crippen LogP contribution in [-0.4, -0.2) is 48.7 Å². The van der Waals surface area contributed by atoms with Crippen LogP contribution in [0.1, 0.15) is 45.4 Å². The summed E-state index contributed by atoms with van der Waals surface area (Å²) in [4.78, 5) is 11.7. The molecule has 5 heteroatoms. The van der Waals surface area contributed by atoms with Gasteiger partial charge in [0.1, 0.15) is 18.3 Å². The number of hydrogen-bond donors (Lipinski definition) is 1. The van der Waals surface area contributed by atoms with Gasteiger partial charge in [0, 0.05) is 6.42 Å². The van der Waals surface area contributed by atoms with Crippen molar-refractivity contribution in [2.24, 2.45) is 0 Å². The molecule has 2 saturated heterocycles. The lowest BCUT2D eigenvalue weighted by Gasteiger charge is -2.16. The molecule has 1 N–H and O–H groups in total. The molecule has 5 nitrogen and oxygen atoms in total. The molecular weight excluding hydrogens is 248 g/mol. The van der Waals surface area contributed by atoms with Crippen molar-refractivity contribution >= 4 is 5.97 Å². The number of ether oxygens (including phenoxy) is 3. The van der Waals surface area contributed by atoms with E-state index in [9.17, 15) is 9.90 Å². The van der Waals surface area contributed by atoms with Gasteiger partial charge in [-0.3, -0.25) is 4.79 Å². The van der Waals surface area contributed by atoms with Gasteiger partial charge in [0.2, 0.25) is 0 Å². The summed E-state index contributed by atoms with van der Waals surface area (Å²) in [7, 11) is 0. The Morgan fingerprint density at radius 1 is 1.16 bits per heavy atom. The first-order valence-corrected chi connectivity index (χ1v) is 7.33. The zero-order chi connectivity index (χ0) is 13.7. The van der Waals surface area contributed by atoms with Crippen molar-refractivity contribution in [2.75, 3.05) is 13.2 Å². The second-order valence-corrected chi connectivity index (χ2v) is 5.36. The Hall–Kier alpha value is -0.650. The Bertz CT molecular complexity index is 294. The van der Waals surface area contributed by atoms with Crippen LogP contribution >= 0.6 is 0 Å². The SMILES string of the molecule is CCCCCCCC(=O)O[C@@H]1COC2C1OC[C@@H]2O. The molecule has 2 aliphatic rings. The average molecular weight is 272 g/mol. The quantitative estimate of drug-likeness (QED) is 0.561. The van der Waals surface area contributed by atoms with E-state index in [0.717, 1.165) is 12.8 Å². The van der Waals surface area contributed by atoms with Crippen molar-refractivity contribution in [1.82, 2.24) is 0 Å². The van der Waals surface area contributed by atoms with Gasteiger partial charge in [-0.15, -0.1) is 0 Å². The van der Waals surface area contributed by atoms with Crippen molar-refractivity contribution in [3.8, 4) is 0 Å². The molecule has 0 radical (unpaired) electrons. The van der Waals surface area contributed by atoms with Crippen LogP contribution < -0.4 is 0 Å². The predicted molar refractivity (Wildman–Crippen MR) is 68.7 cm³/mol. The van der Waals surface area contributed by atoms with E-state index in [1.807, 2.05) is 0 Å². The lowest BCUT2D eigenvalue weighted by Crippen LogP contribution is -2.34. The molecule has 19 heavy (non-hydrogen) atoms. The lowest BCUT2D eigenvalue weighted by molar-refractivity contribution is -0.153. The van der Waals surface area contributed by atoms with Crippen molar-refractivity contribution in [3.63, 3.8) is 0 Å². The third kappa shape index (κ3) is 3.91. The smallest absolute Gasteiger partial charge is 0.306 e. The number of fused-ring (bicyclic) bond motifs is 1. The van der Waals surface area contributed by atoms with E-state index in [1.165, 1.54) is 19.3 Å². The van der Waals surface area contributed by atoms with E-state index in [4.69, 9.17) is 14.2 Å². The molecular formula is C14H24O5. The summed E-state index contributed by atoms with van der Waals surface area (Å²) in [6, 6.07) is 0. The number of hydrogen-bond acceptors (Lipinski definition) is 5. The molecule has 0 spiro atoms. The van der Waals surface area contributed by atoms with E-state index in [2.05, 4.69) is 6.92 Å². The van der Waals surface area contributed by atoms with Crippen LogP contribution in [0.25, 0.3) is 0 Å². The fourth-order valence-corrected chi connectivity index (χ4v) is 2.65. The largest absolute Gasteiger partial charge is 0.457 e. The van der Waals surface area contributed by atoms with Crippen molar-refractivity contribution in [3.05, 3.63) is 0 Å². The molecule has 0 aromatic carbocycles. The maximum absolute atomic E-state index is 11.7. The first kappa shape index (κ1) is 14.8. The zero-order valence-corrected chi connectivity index (χ0v) is 11.5. The highest BCUT2D eigenvalue weighted by atomic mass is 16.6. The minimum atomic E-state index is -0.595. The summed E-state index contributed by atoms with van der Waals surface area (Å²) >= 11 is 0. The number of unbranched alkanes of at least 4 members (excludes halogenated alkanes) is 4. The van der Waals surface area contributed by atoms with Crippen LogP contribution in [0.3, 0.4) is 0 Å². The number of carbonyl (C=O) groups excluding carboxylic acids is 1. The Kier molecular flexibility index (Phi) is 5.60. The third-order valence-electron chi connectivity index (χ3n) is 3.75. The van der Waals surface area contributed by atoms with E-state index < -0.39 is 6.10 Å². The first-order valence-electron chi connectivity index (χ1n) is 7.33. The molecule has 0 saturated carbocycles. The molecule has 0 aliphatic carbocycles. The fourth-order valence-electron chi connectivity index (χ4n) is 2.65. The molecule has 2 fully saturated rings. The van der Waals surface area contributed by atoms with E-state index in [1.54, 1.807) is 0 Å². The van der Waals surface area contributed by atoms with Gasteiger partial charge < -0.3 is 19.3 Å². The van der Waals surface area contributed by atoms with Gasteiger partial charge in [-0.2, -0.15) is 0 Å². The highest BCUT2D eigenvalue weighted by Crippen LogP contribution is 2.29. The molecule has 2 unspecified atom stereocenters. The summed E-state index contributed by atoms with van der Waals surface area (Å²) in [5, 5.41) is 9.58. The monoisotopic (exact) mass is 272 g/mol. The molecule has 0 amide bonds. The second kappa shape index (κ2) is 7.22. The standard InChI is InChI=1S/C14H24O5/c1-2-3-4-5-6-7-12(16)19-11-9-18-13-10(15)8-17-14(11)13/h10-11,13-15H,2-9H2,1H3/t10-,11+,13?,14?/m0/s1. The molecule has 2 aliphatic heterocycles. The number of aliphatic hydroxyl groups is 1. The van der Waals surface area contributed by atoms with Gasteiger partial charge in [-0.25, -0.2) is 0 Å². The number of aliphatic hydroxyl groups excluding tert-OH is 1. The van der Waals surface area contributed by atoms with Gasteiger partial charge in [0.05, 0.1) is 13.2 Å². The highest BCUT2D eigenvalue weighted by Gasteiger charge is 2.48. The van der Waals surface area contributed by atoms with Crippen molar-refractivity contribution in [1.29, 1.82) is 0 Å². The zero-order valence-electron chi connectivity index (χ0n) is 11.5. The fraction of sp³-hybridized carbons (Fsp3) is 0.929. The average Bonchev–Trinajstić information content (AvgIpc) is 2.94. The van der Waals surface area contributed by atoms with Gasteiger partial charge in [-0.05, 0) is 6.42 Å². The maximum Gasteiger partial charge on any atom is 0.306 e. The van der Waals surface area contributed by atoms with E-state index >= 15 is 0 Å². The van der Waals surface area contributed by atoms with Crippen LogP contribution in [0.4, 0.5) is 0 Å². The highest BCUT2D eigenvalue weighted by molar-refractivity contribution is 5.69. The van der Waals surface area contributed by atoms with Gasteiger partial charge >= 0.3 is 5.97 Å². The predicted octanol–water partition coefficient (Wildman–Crippen LogP) is 1.42. The van der Waals surface area contributed by atoms with Crippen LogP contribution in [0, 0.1) is 0 Å². The number of carbonyl (C=O) groups is 1. The third-order valence-corrected chi connectivity index (χ3v) is 3.75. The maximum atomic E-state index is 11.7. The van der Waals surface area contributed by atoms with Gasteiger partial charge in [-0.1, -0.05) is 32.6 Å². The Labute approximate surface area is 114 Å². The van der Waals surface area contributed by atoms with E-state index in [0.29, 0.717) is 13.0 Å². The molecule has 2 heterocycles. The van der Waals surface area contributed by atoms with Gasteiger partial charge in [0.15, 0.2) is 6.10 Å². The van der Waals surface area contributed by atoms with Gasteiger partial charge in [0.25, 0.3) is 0 Å². The molecule has 2 rings (SSSR count). The minimum absolute atomic E-state index is 0.185. The Morgan fingerprint density at radius 2 is 1.89 bits per heavy atom. The normalized spacial score (nSPS) is 33.4. The molecule has 110 valence electrons. The summed E-state index contributed by atoms with van der Waals surface area (Å²) in [5.41, 5.74) is 0.